The zero-order valence-electron chi connectivity index (χ0n) is 21.1. The average molecular weight is 489 g/mol. The second kappa shape index (κ2) is 11.4. The second-order valence-corrected chi connectivity index (χ2v) is 9.23. The van der Waals surface area contributed by atoms with Gasteiger partial charge in [-0.05, 0) is 66.3 Å². The first-order valence-corrected chi connectivity index (χ1v) is 12.6. The van der Waals surface area contributed by atoms with Gasteiger partial charge in [0.05, 0.1) is 6.04 Å². The Kier molecular flexibility index (Phi) is 8.04. The molecule has 0 unspecified atom stereocenters. The van der Waals surface area contributed by atoms with Crippen LogP contribution in [0, 0.1) is 12.7 Å². The minimum atomic E-state index is -0.689. The largest absolute Gasteiger partial charge is 0.481 e. The molecule has 0 aromatic heterocycles. The summed E-state index contributed by atoms with van der Waals surface area (Å²) in [7, 11) is 0. The number of amides is 2. The third-order valence-electron chi connectivity index (χ3n) is 6.62. The van der Waals surface area contributed by atoms with Gasteiger partial charge in [-0.25, -0.2) is 4.39 Å². The van der Waals surface area contributed by atoms with Gasteiger partial charge in [-0.15, -0.1) is 0 Å². The van der Waals surface area contributed by atoms with Crippen LogP contribution >= 0.6 is 0 Å². The van der Waals surface area contributed by atoms with Crippen LogP contribution in [0.1, 0.15) is 60.5 Å². The van der Waals surface area contributed by atoms with E-state index in [0.717, 1.165) is 23.1 Å². The molecule has 0 spiro atoms. The molecule has 188 valence electrons. The van der Waals surface area contributed by atoms with Crippen LogP contribution in [0.4, 0.5) is 4.39 Å². The molecule has 2 atom stereocenters. The average Bonchev–Trinajstić information content (AvgIpc) is 2.89. The van der Waals surface area contributed by atoms with Gasteiger partial charge >= 0.3 is 0 Å². The smallest absolute Gasteiger partial charge is 0.261 e. The van der Waals surface area contributed by atoms with Crippen LogP contribution in [-0.4, -0.2) is 29.4 Å². The molecule has 6 heteroatoms. The summed E-state index contributed by atoms with van der Waals surface area (Å²) in [5.74, 6) is 0.113. The third-order valence-corrected chi connectivity index (χ3v) is 6.62. The van der Waals surface area contributed by atoms with E-state index >= 15 is 0 Å². The number of carbonyl (C=O) groups excluding carboxylic acids is 2. The van der Waals surface area contributed by atoms with Crippen LogP contribution in [0.5, 0.6) is 5.75 Å². The molecule has 0 bridgehead atoms. The number of fused-ring (bicyclic) bond motifs is 1. The molecule has 36 heavy (non-hydrogen) atoms. The van der Waals surface area contributed by atoms with Crippen molar-refractivity contribution in [1.82, 2.24) is 10.2 Å². The molecule has 0 aliphatic carbocycles. The Morgan fingerprint density at radius 1 is 1.08 bits per heavy atom. The molecular weight excluding hydrogens is 455 g/mol. The fourth-order valence-corrected chi connectivity index (χ4v) is 4.77. The molecule has 3 aromatic rings. The molecule has 1 heterocycles. The number of nitrogens with one attached hydrogen (secondary N) is 1. The van der Waals surface area contributed by atoms with E-state index in [2.05, 4.69) is 17.4 Å². The maximum absolute atomic E-state index is 13.5. The van der Waals surface area contributed by atoms with E-state index in [-0.39, 0.29) is 30.2 Å². The number of rotatable bonds is 8. The van der Waals surface area contributed by atoms with E-state index in [4.69, 9.17) is 4.74 Å². The maximum Gasteiger partial charge on any atom is 0.261 e. The lowest BCUT2D eigenvalue weighted by atomic mass is 9.87. The summed E-state index contributed by atoms with van der Waals surface area (Å²) in [6, 6.07) is 20.1. The van der Waals surface area contributed by atoms with Crippen molar-refractivity contribution in [2.75, 3.05) is 6.54 Å². The second-order valence-electron chi connectivity index (χ2n) is 9.23. The number of hydrogen-bond donors (Lipinski definition) is 1. The van der Waals surface area contributed by atoms with Crippen LogP contribution < -0.4 is 10.1 Å². The van der Waals surface area contributed by atoms with Gasteiger partial charge < -0.3 is 15.0 Å². The maximum atomic E-state index is 13.5. The predicted molar refractivity (Wildman–Crippen MR) is 138 cm³/mol. The Balaban J connectivity index is 1.57. The van der Waals surface area contributed by atoms with E-state index in [1.54, 1.807) is 12.1 Å². The Morgan fingerprint density at radius 2 is 1.89 bits per heavy atom. The van der Waals surface area contributed by atoms with Crippen molar-refractivity contribution in [2.24, 2.45) is 0 Å². The topological polar surface area (TPSA) is 58.6 Å². The number of halogens is 1. The molecular formula is C30H33FN2O3. The minimum absolute atomic E-state index is 0.113. The molecule has 2 amide bonds. The molecule has 0 radical (unpaired) electrons. The van der Waals surface area contributed by atoms with Gasteiger partial charge in [0.25, 0.3) is 5.91 Å². The van der Waals surface area contributed by atoms with Gasteiger partial charge in [0.15, 0.2) is 6.10 Å². The standard InChI is InChI=1S/C30H33FN2O3/c1-4-27(30(35)32-19-21-9-7-11-24(31)17-21)36-25-13-12-22-14-15-33(28(34)5-2)29(26(22)18-25)23-10-6-8-20(3)16-23/h6-13,16-18,27,29H,4-5,14-15,19H2,1-3H3,(H,32,35)/t27-,29+/m1/s1. The molecule has 1 aliphatic heterocycles. The van der Waals surface area contributed by atoms with E-state index in [9.17, 15) is 14.0 Å². The first-order valence-electron chi connectivity index (χ1n) is 12.6. The number of nitrogens with zero attached hydrogens (tertiary/aromatic N) is 1. The molecule has 1 aliphatic rings. The Hall–Kier alpha value is -3.67. The highest BCUT2D eigenvalue weighted by Gasteiger charge is 2.32. The minimum Gasteiger partial charge on any atom is -0.481 e. The number of carbonyl (C=O) groups is 2. The zero-order chi connectivity index (χ0) is 25.7. The number of benzene rings is 3. The Bertz CT molecular complexity index is 1240. The molecule has 0 fully saturated rings. The van der Waals surface area contributed by atoms with Gasteiger partial charge in [0.1, 0.15) is 11.6 Å². The summed E-state index contributed by atoms with van der Waals surface area (Å²) < 4.78 is 19.6. The van der Waals surface area contributed by atoms with Gasteiger partial charge in [-0.1, -0.05) is 61.9 Å². The van der Waals surface area contributed by atoms with E-state index in [1.165, 1.54) is 17.7 Å². The zero-order valence-corrected chi connectivity index (χ0v) is 21.1. The lowest BCUT2D eigenvalue weighted by Gasteiger charge is -2.38. The SMILES string of the molecule is CCC(=O)N1CCc2ccc(O[C@H](CC)C(=O)NCc3cccc(F)c3)cc2[C@@H]1c1cccc(C)c1. The van der Waals surface area contributed by atoms with Crippen molar-refractivity contribution < 1.29 is 18.7 Å². The highest BCUT2D eigenvalue weighted by molar-refractivity contribution is 5.81. The van der Waals surface area contributed by atoms with Crippen LogP contribution in [0.15, 0.2) is 66.7 Å². The van der Waals surface area contributed by atoms with E-state index < -0.39 is 6.10 Å². The van der Waals surface area contributed by atoms with Crippen molar-refractivity contribution in [3.05, 3.63) is 100 Å². The highest BCUT2D eigenvalue weighted by Crippen LogP contribution is 2.38. The van der Waals surface area contributed by atoms with Crippen LogP contribution in [0.25, 0.3) is 0 Å². The summed E-state index contributed by atoms with van der Waals surface area (Å²) in [4.78, 5) is 27.7. The van der Waals surface area contributed by atoms with E-state index in [1.807, 2.05) is 56.0 Å². The van der Waals surface area contributed by atoms with Crippen molar-refractivity contribution in [3.8, 4) is 5.75 Å². The summed E-state index contributed by atoms with van der Waals surface area (Å²) in [6.45, 7) is 6.72. The van der Waals surface area contributed by atoms with Gasteiger partial charge in [-0.2, -0.15) is 0 Å². The normalized spacial score (nSPS) is 15.7. The summed E-state index contributed by atoms with van der Waals surface area (Å²) >= 11 is 0. The Morgan fingerprint density at radius 3 is 2.61 bits per heavy atom. The molecule has 0 saturated carbocycles. The van der Waals surface area contributed by atoms with Crippen molar-refractivity contribution in [3.63, 3.8) is 0 Å². The highest BCUT2D eigenvalue weighted by atomic mass is 19.1. The van der Waals surface area contributed by atoms with Crippen LogP contribution in [-0.2, 0) is 22.6 Å². The van der Waals surface area contributed by atoms with Crippen molar-refractivity contribution >= 4 is 11.8 Å². The van der Waals surface area contributed by atoms with Gasteiger partial charge in [0, 0.05) is 19.5 Å². The van der Waals surface area contributed by atoms with Gasteiger partial charge in [-0.3, -0.25) is 9.59 Å². The number of hydrogen-bond acceptors (Lipinski definition) is 3. The fraction of sp³-hybridized carbons (Fsp3) is 0.333. The lowest BCUT2D eigenvalue weighted by Crippen LogP contribution is -2.40. The van der Waals surface area contributed by atoms with Gasteiger partial charge in [0.2, 0.25) is 5.91 Å². The summed E-state index contributed by atoms with van der Waals surface area (Å²) in [5, 5.41) is 2.85. The number of ether oxygens (including phenoxy) is 1. The molecule has 4 rings (SSSR count). The molecule has 3 aromatic carbocycles. The Labute approximate surface area is 212 Å². The molecule has 1 N–H and O–H groups in total. The van der Waals surface area contributed by atoms with E-state index in [0.29, 0.717) is 30.7 Å². The van der Waals surface area contributed by atoms with Crippen molar-refractivity contribution in [1.29, 1.82) is 0 Å². The van der Waals surface area contributed by atoms with Crippen LogP contribution in [0.3, 0.4) is 0 Å². The third kappa shape index (κ3) is 5.76. The summed E-state index contributed by atoms with van der Waals surface area (Å²) in [5.41, 5.74) is 5.10. The monoisotopic (exact) mass is 488 g/mol. The summed E-state index contributed by atoms with van der Waals surface area (Å²) in [6.07, 6.45) is 1.01. The first kappa shape index (κ1) is 25.4. The van der Waals surface area contributed by atoms with Crippen molar-refractivity contribution in [2.45, 2.75) is 58.7 Å². The molecule has 5 nitrogen and oxygen atoms in total. The number of aryl methyl sites for hydroxylation is 1. The van der Waals surface area contributed by atoms with Crippen LogP contribution in [0.2, 0.25) is 0 Å². The quantitative estimate of drug-likeness (QED) is 0.456. The lowest BCUT2D eigenvalue weighted by molar-refractivity contribution is -0.133. The fourth-order valence-electron chi connectivity index (χ4n) is 4.77. The first-order chi connectivity index (χ1) is 17.4. The predicted octanol–water partition coefficient (Wildman–Crippen LogP) is 5.49. The molecule has 0 saturated heterocycles.